The molecule has 1 aromatic heterocycles. The zero-order chi connectivity index (χ0) is 8.27. The average molecular weight is 152 g/mol. The maximum atomic E-state index is 2.41. The molecule has 0 bridgehead atoms. The van der Waals surface area contributed by atoms with E-state index in [9.17, 15) is 0 Å². The van der Waals surface area contributed by atoms with Gasteiger partial charge < -0.3 is 0 Å². The van der Waals surface area contributed by atoms with E-state index in [1.165, 1.54) is 19.4 Å². The van der Waals surface area contributed by atoms with Crippen molar-refractivity contribution < 1.29 is 4.57 Å². The number of imidazole rings is 1. The molecule has 0 saturated carbocycles. The molecule has 0 atom stereocenters. The Kier molecular flexibility index (Phi) is 2.74. The summed E-state index contributed by atoms with van der Waals surface area (Å²) in [7, 11) is 2.48. The molecule has 0 unspecified atom stereocenters. The van der Waals surface area contributed by atoms with Gasteiger partial charge in [-0.3, -0.25) is 9.13 Å². The van der Waals surface area contributed by atoms with Crippen LogP contribution in [0.25, 0.3) is 0 Å². The summed E-state index contributed by atoms with van der Waals surface area (Å²) in [6.07, 6.45) is 6.98. The van der Waals surface area contributed by atoms with Gasteiger partial charge in [0.25, 0.3) is 0 Å². The van der Waals surface area contributed by atoms with Gasteiger partial charge in [0.1, 0.15) is 12.4 Å². The molecule has 2 nitrogen and oxygen atoms in total. The van der Waals surface area contributed by atoms with Gasteiger partial charge in [0.2, 0.25) is 0 Å². The quantitative estimate of drug-likeness (QED) is 0.392. The molecule has 0 saturated heterocycles. The van der Waals surface area contributed by atoms with Gasteiger partial charge in [0, 0.05) is 0 Å². The summed E-state index contributed by atoms with van der Waals surface area (Å²) in [5.41, 5.74) is 1.58. The first-order valence-electron chi connectivity index (χ1n) is 3.77. The third kappa shape index (κ3) is 1.85. The van der Waals surface area contributed by atoms with Gasteiger partial charge in [-0.05, 0) is 6.42 Å². The Bertz CT molecular complexity index is 230. The lowest BCUT2D eigenvalue weighted by Gasteiger charge is -2.00. The number of unbranched alkanes of at least 4 members (excludes halogenated alkanes) is 1. The molecule has 11 heavy (non-hydrogen) atoms. The molecule has 0 aliphatic rings. The van der Waals surface area contributed by atoms with Crippen LogP contribution in [0.3, 0.4) is 0 Å². The lowest BCUT2D eigenvalue weighted by Crippen LogP contribution is -2.46. The molecule has 0 aromatic carbocycles. The Morgan fingerprint density at radius 1 is 1.64 bits per heavy atom. The molecule has 0 spiro atoms. The molecular weight excluding hydrogens is 135 g/mol. The van der Waals surface area contributed by atoms with Crippen molar-refractivity contribution in [3.05, 3.63) is 12.4 Å². The minimum atomic E-state index is 0.338. The molecule has 1 rings (SSSR count). The monoisotopic (exact) mass is 152 g/mol. The highest BCUT2D eigenvalue weighted by Gasteiger charge is 2.01. The van der Waals surface area contributed by atoms with Gasteiger partial charge in [-0.1, -0.05) is 13.3 Å². The standard InChI is InChI=1S/C8H17BN2/c1-3-4-5-11-7-6-10(2)8(11)9/h6-7H,3-5H2,1-2,9H3. The van der Waals surface area contributed by atoms with Crippen LogP contribution in [-0.2, 0) is 13.6 Å². The van der Waals surface area contributed by atoms with Gasteiger partial charge in [-0.25, -0.2) is 0 Å². The Hall–Kier alpha value is -0.725. The summed E-state index contributed by atoms with van der Waals surface area (Å²) in [6, 6.07) is 0. The molecular formula is C8H17BN2. The fourth-order valence-corrected chi connectivity index (χ4v) is 0.903. The molecule has 0 N–H and O–H groups in total. The van der Waals surface area contributed by atoms with Crippen molar-refractivity contribution in [1.29, 1.82) is 0 Å². The Balaban J connectivity index is 2.63. The Morgan fingerprint density at radius 2 is 2.36 bits per heavy atom. The average Bonchev–Trinajstić information content (AvgIpc) is 2.31. The van der Waals surface area contributed by atoms with Crippen LogP contribution in [0.15, 0.2) is 12.4 Å². The van der Waals surface area contributed by atoms with E-state index >= 15 is 0 Å². The smallest absolute Gasteiger partial charge is 0.126 e. The van der Waals surface area contributed by atoms with Crippen molar-refractivity contribution in [2.75, 3.05) is 0 Å². The number of hydrogen-bond acceptors (Lipinski definition) is 0. The summed E-state index contributed by atoms with van der Waals surface area (Å²) >= 11 is 0. The third-order valence-electron chi connectivity index (χ3n) is 1.51. The summed E-state index contributed by atoms with van der Waals surface area (Å²) < 4.78 is 4.67. The van der Waals surface area contributed by atoms with Crippen molar-refractivity contribution in [2.24, 2.45) is 7.05 Å². The van der Waals surface area contributed by atoms with E-state index in [-0.39, 0.29) is 0 Å². The van der Waals surface area contributed by atoms with Crippen LogP contribution in [-0.4, -0.2) is 12.4 Å². The van der Waals surface area contributed by atoms with Crippen molar-refractivity contribution >= 4 is 13.6 Å². The van der Waals surface area contributed by atoms with Crippen LogP contribution in [0.2, 0.25) is 0 Å². The van der Waals surface area contributed by atoms with E-state index in [0.717, 1.165) is 0 Å². The number of rotatable bonds is 3. The summed E-state index contributed by atoms with van der Waals surface area (Å²) in [4.78, 5) is 0. The molecule has 0 aliphatic heterocycles. The van der Waals surface area contributed by atoms with Gasteiger partial charge in [0.05, 0.1) is 27.2 Å². The molecule has 0 aliphatic carbocycles. The largest absolute Gasteiger partial charge is 0.275 e. The number of aryl methyl sites for hydroxylation is 2. The van der Waals surface area contributed by atoms with Crippen LogP contribution in [0.5, 0.6) is 0 Å². The van der Waals surface area contributed by atoms with Crippen molar-refractivity contribution in [1.82, 2.24) is 4.57 Å². The summed E-state index contributed by atoms with van der Waals surface area (Å²) in [5.74, 6) is 0. The topological polar surface area (TPSA) is 8.81 Å². The molecule has 62 valence electrons. The van der Waals surface area contributed by atoms with E-state index in [4.69, 9.17) is 0 Å². The van der Waals surface area contributed by atoms with Crippen LogP contribution < -0.4 is 10.3 Å². The highest BCUT2D eigenvalue weighted by molar-refractivity contribution is 6.27. The fraction of sp³-hybridized carbons (Fsp3) is 0.625. The molecule has 0 amide bonds. The van der Waals surface area contributed by atoms with Crippen LogP contribution in [0.4, 0.5) is 0 Å². The molecule has 0 radical (unpaired) electrons. The second kappa shape index (κ2) is 3.60. The first-order chi connectivity index (χ1) is 5.25. The predicted octanol–water partition coefficient (Wildman–Crippen LogP) is -0.897. The normalized spacial score (nSPS) is 10.5. The second-order valence-corrected chi connectivity index (χ2v) is 2.56. The lowest BCUT2D eigenvalue weighted by molar-refractivity contribution is -0.652. The predicted molar refractivity (Wildman–Crippen MR) is 50.1 cm³/mol. The Morgan fingerprint density at radius 3 is 2.82 bits per heavy atom. The van der Waals surface area contributed by atoms with Crippen LogP contribution in [0, 0.1) is 0 Å². The molecule has 0 fully saturated rings. The van der Waals surface area contributed by atoms with E-state index in [2.05, 4.69) is 35.5 Å². The molecule has 3 heteroatoms. The second-order valence-electron chi connectivity index (χ2n) is 2.56. The zero-order valence-electron chi connectivity index (χ0n) is 6.67. The van der Waals surface area contributed by atoms with E-state index in [1.54, 1.807) is 5.72 Å². The number of aromatic nitrogens is 2. The maximum Gasteiger partial charge on any atom is 0.126 e. The minimum Gasteiger partial charge on any atom is -0.275 e. The summed E-state index contributed by atoms with van der Waals surface area (Å²) in [5, 5.41) is 0. The van der Waals surface area contributed by atoms with Crippen LogP contribution in [0.1, 0.15) is 19.8 Å². The molecule has 1 heterocycles. The summed E-state index contributed by atoms with van der Waals surface area (Å²) in [6.45, 7) is 3.46. The molecule has 1 aromatic rings. The van der Waals surface area contributed by atoms with Gasteiger partial charge in [0.15, 0.2) is 0 Å². The van der Waals surface area contributed by atoms with Gasteiger partial charge >= 0.3 is 0 Å². The SMILES string of the molecule is [BH3-]c1n(CCCC)cc[n+]1C. The number of nitrogens with zero attached hydrogens (tertiary/aromatic N) is 2. The van der Waals surface area contributed by atoms with Crippen molar-refractivity contribution in [2.45, 2.75) is 26.3 Å². The first-order valence-corrected chi connectivity index (χ1v) is 3.77. The fourth-order valence-electron chi connectivity index (χ4n) is 0.903. The van der Waals surface area contributed by atoms with Gasteiger partial charge in [-0.2, -0.15) is 0 Å². The zero-order valence-corrected chi connectivity index (χ0v) is 6.67. The lowest BCUT2D eigenvalue weighted by atomic mass is 10.1. The van der Waals surface area contributed by atoms with Crippen LogP contribution >= 0.6 is 0 Å². The van der Waals surface area contributed by atoms with Gasteiger partial charge in [-0.15, -0.1) is 0 Å². The minimum absolute atomic E-state index is 0.338. The maximum absolute atomic E-state index is 2.41. The van der Waals surface area contributed by atoms with E-state index in [0.29, 0.717) is 7.85 Å². The van der Waals surface area contributed by atoms with E-state index in [1.807, 2.05) is 0 Å². The van der Waals surface area contributed by atoms with E-state index < -0.39 is 0 Å². The first kappa shape index (κ1) is 8.37. The van der Waals surface area contributed by atoms with Crippen molar-refractivity contribution in [3.63, 3.8) is 0 Å². The third-order valence-corrected chi connectivity index (χ3v) is 1.51. The van der Waals surface area contributed by atoms with Crippen molar-refractivity contribution in [3.8, 4) is 0 Å². The highest BCUT2D eigenvalue weighted by Crippen LogP contribution is 1.90. The Labute approximate surface area is 69.3 Å². The highest BCUT2D eigenvalue weighted by atomic mass is 15.1. The number of hydrogen-bond donors (Lipinski definition) is 0.